The van der Waals surface area contributed by atoms with Crippen molar-refractivity contribution in [1.82, 2.24) is 9.55 Å². The van der Waals surface area contributed by atoms with Gasteiger partial charge in [0.05, 0.1) is 11.6 Å². The van der Waals surface area contributed by atoms with Gasteiger partial charge in [-0.15, -0.1) is 0 Å². The van der Waals surface area contributed by atoms with E-state index in [1.54, 1.807) is 35.2 Å². The molecule has 3 nitrogen and oxygen atoms in total. The van der Waals surface area contributed by atoms with Crippen LogP contribution in [0.1, 0.15) is 15.9 Å². The van der Waals surface area contributed by atoms with Gasteiger partial charge in [-0.3, -0.25) is 4.79 Å². The first kappa shape index (κ1) is 12.8. The van der Waals surface area contributed by atoms with Crippen LogP contribution < -0.4 is 0 Å². The number of carbonyl (C=O) groups is 1. The minimum Gasteiger partial charge on any atom is -0.327 e. The molecular weight excluding hydrogens is 279 g/mol. The number of halogens is 2. The monoisotopic (exact) mass is 288 g/mol. The van der Waals surface area contributed by atoms with E-state index in [4.69, 9.17) is 11.6 Å². The van der Waals surface area contributed by atoms with E-state index in [1.807, 2.05) is 6.07 Å². The van der Waals surface area contributed by atoms with Gasteiger partial charge in [0.2, 0.25) is 0 Å². The number of carbonyl (C=O) groups excluding carboxylic acids is 1. The summed E-state index contributed by atoms with van der Waals surface area (Å²) in [5, 5.41) is 0.840. The Balaban J connectivity index is 2.11. The van der Waals surface area contributed by atoms with Crippen LogP contribution in [-0.4, -0.2) is 15.8 Å². The third-order valence-corrected chi connectivity index (χ3v) is 3.46. The van der Waals surface area contributed by atoms with E-state index in [0.717, 1.165) is 11.7 Å². The molecule has 0 saturated carbocycles. The zero-order valence-corrected chi connectivity index (χ0v) is 11.1. The molecule has 20 heavy (non-hydrogen) atoms. The first-order chi connectivity index (χ1) is 9.70. The Bertz CT molecular complexity index is 798. The quantitative estimate of drug-likeness (QED) is 0.689. The zero-order chi connectivity index (χ0) is 14.1. The predicted molar refractivity (Wildman–Crippen MR) is 75.6 cm³/mol. The Labute approximate surface area is 119 Å². The molecule has 0 spiro atoms. The van der Waals surface area contributed by atoms with E-state index in [9.17, 15) is 9.18 Å². The number of benzene rings is 1. The van der Waals surface area contributed by atoms with E-state index in [2.05, 4.69) is 4.98 Å². The molecular formula is C15H10ClFN2O. The molecule has 5 heteroatoms. The molecule has 0 aliphatic rings. The number of aromatic nitrogens is 2. The van der Waals surface area contributed by atoms with Crippen LogP contribution in [-0.2, 0) is 6.54 Å². The van der Waals surface area contributed by atoms with Crippen molar-refractivity contribution in [3.63, 3.8) is 0 Å². The average Bonchev–Trinajstić information content (AvgIpc) is 2.82. The van der Waals surface area contributed by atoms with Crippen molar-refractivity contribution < 1.29 is 9.18 Å². The second-order valence-corrected chi connectivity index (χ2v) is 4.82. The van der Waals surface area contributed by atoms with E-state index < -0.39 is 5.82 Å². The smallest absolute Gasteiger partial charge is 0.152 e. The number of pyridine rings is 1. The van der Waals surface area contributed by atoms with Gasteiger partial charge in [-0.25, -0.2) is 9.37 Å². The summed E-state index contributed by atoms with van der Waals surface area (Å²) in [6, 6.07) is 8.44. The highest BCUT2D eigenvalue weighted by molar-refractivity contribution is 6.30. The number of aldehydes is 1. The lowest BCUT2D eigenvalue weighted by Gasteiger charge is -2.07. The van der Waals surface area contributed by atoms with Crippen molar-refractivity contribution in [2.75, 3.05) is 0 Å². The van der Waals surface area contributed by atoms with Crippen LogP contribution in [0.4, 0.5) is 4.39 Å². The summed E-state index contributed by atoms with van der Waals surface area (Å²) in [7, 11) is 0. The van der Waals surface area contributed by atoms with Crippen LogP contribution in [0.3, 0.4) is 0 Å². The molecule has 1 aromatic carbocycles. The maximum Gasteiger partial charge on any atom is 0.152 e. The SMILES string of the molecule is O=Cc1cn(Cc2cccc(Cl)c2F)c2ncccc12. The summed E-state index contributed by atoms with van der Waals surface area (Å²) in [5.74, 6) is -0.445. The lowest BCUT2D eigenvalue weighted by molar-refractivity contribution is 0.112. The summed E-state index contributed by atoms with van der Waals surface area (Å²) < 4.78 is 15.7. The Morgan fingerprint density at radius 2 is 2.15 bits per heavy atom. The van der Waals surface area contributed by atoms with Crippen LogP contribution in [0.5, 0.6) is 0 Å². The van der Waals surface area contributed by atoms with Gasteiger partial charge in [0, 0.05) is 28.9 Å². The minimum atomic E-state index is -0.445. The van der Waals surface area contributed by atoms with Crippen molar-refractivity contribution in [2.24, 2.45) is 0 Å². The third kappa shape index (κ3) is 2.08. The fraction of sp³-hybridized carbons (Fsp3) is 0.0667. The Kier molecular flexibility index (Phi) is 3.24. The molecule has 0 aliphatic heterocycles. The number of hydrogen-bond donors (Lipinski definition) is 0. The van der Waals surface area contributed by atoms with Gasteiger partial charge < -0.3 is 4.57 Å². The summed E-state index contributed by atoms with van der Waals surface area (Å²) in [4.78, 5) is 15.3. The molecule has 2 heterocycles. The maximum absolute atomic E-state index is 13.9. The summed E-state index contributed by atoms with van der Waals surface area (Å²) in [5.41, 5.74) is 1.64. The highest BCUT2D eigenvalue weighted by Crippen LogP contribution is 2.22. The molecule has 0 bridgehead atoms. The van der Waals surface area contributed by atoms with Crippen molar-refractivity contribution in [3.05, 3.63) is 64.7 Å². The van der Waals surface area contributed by atoms with Crippen LogP contribution in [0.15, 0.2) is 42.7 Å². The van der Waals surface area contributed by atoms with Gasteiger partial charge >= 0.3 is 0 Å². The molecule has 0 amide bonds. The summed E-state index contributed by atoms with van der Waals surface area (Å²) in [6.07, 6.45) is 4.08. The van der Waals surface area contributed by atoms with Crippen molar-refractivity contribution in [2.45, 2.75) is 6.54 Å². The topological polar surface area (TPSA) is 34.9 Å². The molecule has 0 aliphatic carbocycles. The van der Waals surface area contributed by atoms with Gasteiger partial charge in [-0.05, 0) is 18.2 Å². The van der Waals surface area contributed by atoms with Gasteiger partial charge in [0.15, 0.2) is 6.29 Å². The largest absolute Gasteiger partial charge is 0.327 e. The third-order valence-electron chi connectivity index (χ3n) is 3.16. The van der Waals surface area contributed by atoms with E-state index >= 15 is 0 Å². The second kappa shape index (κ2) is 5.06. The first-order valence-electron chi connectivity index (χ1n) is 6.02. The summed E-state index contributed by atoms with van der Waals surface area (Å²) in [6.45, 7) is 0.272. The minimum absolute atomic E-state index is 0.0857. The van der Waals surface area contributed by atoms with Gasteiger partial charge in [-0.2, -0.15) is 0 Å². The van der Waals surface area contributed by atoms with E-state index in [-0.39, 0.29) is 11.6 Å². The molecule has 0 N–H and O–H groups in total. The van der Waals surface area contributed by atoms with Crippen molar-refractivity contribution in [3.8, 4) is 0 Å². The van der Waals surface area contributed by atoms with E-state index in [1.165, 1.54) is 6.07 Å². The predicted octanol–water partition coefficient (Wildman–Crippen LogP) is 3.69. The fourth-order valence-corrected chi connectivity index (χ4v) is 2.41. The standard InChI is InChI=1S/C15H10ClFN2O/c16-13-5-1-3-10(14(13)17)7-19-8-11(9-20)12-4-2-6-18-15(12)19/h1-6,8-9H,7H2. The van der Waals surface area contributed by atoms with Crippen LogP contribution >= 0.6 is 11.6 Å². The van der Waals surface area contributed by atoms with Gasteiger partial charge in [0.1, 0.15) is 11.5 Å². The normalized spacial score (nSPS) is 10.9. The molecule has 0 fully saturated rings. The number of hydrogen-bond acceptors (Lipinski definition) is 2. The van der Waals surface area contributed by atoms with Gasteiger partial charge in [-0.1, -0.05) is 23.7 Å². The van der Waals surface area contributed by atoms with Gasteiger partial charge in [0.25, 0.3) is 0 Å². The molecule has 0 atom stereocenters. The van der Waals surface area contributed by atoms with Crippen LogP contribution in [0.2, 0.25) is 5.02 Å². The number of fused-ring (bicyclic) bond motifs is 1. The van der Waals surface area contributed by atoms with Crippen molar-refractivity contribution in [1.29, 1.82) is 0 Å². The molecule has 0 radical (unpaired) electrons. The Morgan fingerprint density at radius 3 is 2.95 bits per heavy atom. The molecule has 3 rings (SSSR count). The number of rotatable bonds is 3. The van der Waals surface area contributed by atoms with E-state index in [0.29, 0.717) is 16.8 Å². The van der Waals surface area contributed by atoms with Crippen LogP contribution in [0, 0.1) is 5.82 Å². The first-order valence-corrected chi connectivity index (χ1v) is 6.40. The molecule has 0 unspecified atom stereocenters. The highest BCUT2D eigenvalue weighted by atomic mass is 35.5. The molecule has 0 saturated heterocycles. The Hall–Kier alpha value is -2.20. The molecule has 2 aromatic heterocycles. The summed E-state index contributed by atoms with van der Waals surface area (Å²) >= 11 is 5.77. The maximum atomic E-state index is 13.9. The van der Waals surface area contributed by atoms with Crippen LogP contribution in [0.25, 0.3) is 11.0 Å². The Morgan fingerprint density at radius 1 is 1.30 bits per heavy atom. The molecule has 100 valence electrons. The number of nitrogens with zero attached hydrogens (tertiary/aromatic N) is 2. The zero-order valence-electron chi connectivity index (χ0n) is 10.4. The second-order valence-electron chi connectivity index (χ2n) is 4.42. The average molecular weight is 289 g/mol. The lowest BCUT2D eigenvalue weighted by atomic mass is 10.2. The highest BCUT2D eigenvalue weighted by Gasteiger charge is 2.12. The van der Waals surface area contributed by atoms with Crippen molar-refractivity contribution >= 4 is 28.9 Å². The molecule has 3 aromatic rings. The lowest BCUT2D eigenvalue weighted by Crippen LogP contribution is -2.01. The fourth-order valence-electron chi connectivity index (χ4n) is 2.22.